The highest BCUT2D eigenvalue weighted by Crippen LogP contribution is 2.32. The van der Waals surface area contributed by atoms with Gasteiger partial charge in [-0.2, -0.15) is 0 Å². The first-order valence-electron chi connectivity index (χ1n) is 5.76. The molecule has 0 amide bonds. The maximum Gasteiger partial charge on any atom is 0.165 e. The quantitative estimate of drug-likeness (QED) is 0.532. The van der Waals surface area contributed by atoms with E-state index < -0.39 is 0 Å². The van der Waals surface area contributed by atoms with Crippen LogP contribution in [-0.2, 0) is 5.88 Å². The molecule has 0 aliphatic heterocycles. The van der Waals surface area contributed by atoms with E-state index in [0.29, 0.717) is 19.1 Å². The summed E-state index contributed by atoms with van der Waals surface area (Å²) < 4.78 is 11.3. The molecular weight excluding hydrogens is 224 g/mol. The number of para-hydroxylation sites is 1. The van der Waals surface area contributed by atoms with Gasteiger partial charge in [-0.15, -0.1) is 11.6 Å². The zero-order chi connectivity index (χ0) is 11.8. The highest BCUT2D eigenvalue weighted by atomic mass is 35.5. The molecule has 1 aromatic carbocycles. The third kappa shape index (κ3) is 3.60. The Morgan fingerprint density at radius 3 is 2.62 bits per heavy atom. The molecule has 0 saturated carbocycles. The van der Waals surface area contributed by atoms with Crippen molar-refractivity contribution in [3.8, 4) is 11.5 Å². The molecule has 0 spiro atoms. The van der Waals surface area contributed by atoms with Crippen LogP contribution < -0.4 is 9.47 Å². The lowest BCUT2D eigenvalue weighted by molar-refractivity contribution is 0.271. The van der Waals surface area contributed by atoms with Gasteiger partial charge in [0.15, 0.2) is 11.5 Å². The van der Waals surface area contributed by atoms with Gasteiger partial charge in [-0.1, -0.05) is 25.5 Å². The summed E-state index contributed by atoms with van der Waals surface area (Å²) in [6, 6.07) is 5.83. The molecule has 2 nitrogen and oxygen atoms in total. The minimum atomic E-state index is 0.447. The summed E-state index contributed by atoms with van der Waals surface area (Å²) in [4.78, 5) is 0. The second-order valence-electron chi connectivity index (χ2n) is 3.51. The number of benzene rings is 1. The Morgan fingerprint density at radius 2 is 2.00 bits per heavy atom. The molecule has 90 valence electrons. The van der Waals surface area contributed by atoms with Gasteiger partial charge < -0.3 is 9.47 Å². The summed E-state index contributed by atoms with van der Waals surface area (Å²) in [5.74, 6) is 2.03. The monoisotopic (exact) mass is 242 g/mol. The highest BCUT2D eigenvalue weighted by Gasteiger charge is 2.09. The molecule has 0 heterocycles. The van der Waals surface area contributed by atoms with E-state index in [1.54, 1.807) is 0 Å². The number of rotatable bonds is 7. The molecule has 0 fully saturated rings. The number of unbranched alkanes of at least 4 members (excludes halogenated alkanes) is 1. The van der Waals surface area contributed by atoms with Gasteiger partial charge >= 0.3 is 0 Å². The van der Waals surface area contributed by atoms with Gasteiger partial charge in [-0.25, -0.2) is 0 Å². The Balaban J connectivity index is 2.81. The van der Waals surface area contributed by atoms with Crippen molar-refractivity contribution in [3.05, 3.63) is 23.8 Å². The molecule has 0 bridgehead atoms. The van der Waals surface area contributed by atoms with Gasteiger partial charge in [0.2, 0.25) is 0 Å². The summed E-state index contributed by atoms with van der Waals surface area (Å²) in [6.45, 7) is 5.45. The second kappa shape index (κ2) is 7.39. The smallest absolute Gasteiger partial charge is 0.165 e. The zero-order valence-corrected chi connectivity index (χ0v) is 10.7. The van der Waals surface area contributed by atoms with Crippen molar-refractivity contribution in [2.24, 2.45) is 0 Å². The van der Waals surface area contributed by atoms with E-state index in [1.165, 1.54) is 0 Å². The van der Waals surface area contributed by atoms with Crippen LogP contribution in [0.3, 0.4) is 0 Å². The van der Waals surface area contributed by atoms with E-state index in [-0.39, 0.29) is 0 Å². The molecule has 0 unspecified atom stereocenters. The third-order valence-corrected chi connectivity index (χ3v) is 2.54. The molecule has 0 atom stereocenters. The third-order valence-electron chi connectivity index (χ3n) is 2.25. The first-order valence-corrected chi connectivity index (χ1v) is 6.30. The number of ether oxygens (including phenoxy) is 2. The lowest BCUT2D eigenvalue weighted by Gasteiger charge is -2.14. The fourth-order valence-corrected chi connectivity index (χ4v) is 1.63. The Morgan fingerprint density at radius 1 is 1.19 bits per heavy atom. The molecule has 0 N–H and O–H groups in total. The van der Waals surface area contributed by atoms with Gasteiger partial charge in [0, 0.05) is 5.56 Å². The maximum atomic E-state index is 5.88. The van der Waals surface area contributed by atoms with Crippen LogP contribution in [0.5, 0.6) is 11.5 Å². The number of halogens is 1. The highest BCUT2D eigenvalue weighted by molar-refractivity contribution is 6.17. The molecule has 0 saturated heterocycles. The summed E-state index contributed by atoms with van der Waals surface area (Å²) in [5, 5.41) is 0. The summed E-state index contributed by atoms with van der Waals surface area (Å²) in [7, 11) is 0. The Labute approximate surface area is 103 Å². The van der Waals surface area contributed by atoms with Crippen molar-refractivity contribution in [2.75, 3.05) is 13.2 Å². The largest absolute Gasteiger partial charge is 0.490 e. The van der Waals surface area contributed by atoms with Gasteiger partial charge in [0.25, 0.3) is 0 Å². The van der Waals surface area contributed by atoms with E-state index in [0.717, 1.165) is 29.9 Å². The normalized spacial score (nSPS) is 10.2. The van der Waals surface area contributed by atoms with Gasteiger partial charge in [0.1, 0.15) is 0 Å². The van der Waals surface area contributed by atoms with Crippen LogP contribution in [0, 0.1) is 0 Å². The van der Waals surface area contributed by atoms with Crippen molar-refractivity contribution < 1.29 is 9.47 Å². The summed E-state index contributed by atoms with van der Waals surface area (Å²) >= 11 is 5.88. The van der Waals surface area contributed by atoms with Crippen molar-refractivity contribution in [3.63, 3.8) is 0 Å². The van der Waals surface area contributed by atoms with Crippen LogP contribution in [0.4, 0.5) is 0 Å². The molecule has 0 aromatic heterocycles. The Bertz CT molecular complexity index is 313. The molecule has 3 heteroatoms. The van der Waals surface area contributed by atoms with Gasteiger partial charge in [-0.05, 0) is 19.4 Å². The van der Waals surface area contributed by atoms with Crippen LogP contribution in [0.15, 0.2) is 18.2 Å². The van der Waals surface area contributed by atoms with Crippen molar-refractivity contribution in [2.45, 2.75) is 32.6 Å². The average Bonchev–Trinajstić information content (AvgIpc) is 2.31. The van der Waals surface area contributed by atoms with Crippen LogP contribution in [0.2, 0.25) is 0 Å². The van der Waals surface area contributed by atoms with E-state index >= 15 is 0 Å². The predicted octanol–water partition coefficient (Wildman–Crippen LogP) is 4.00. The predicted molar refractivity (Wildman–Crippen MR) is 67.6 cm³/mol. The Hall–Kier alpha value is -0.890. The Kier molecular flexibility index (Phi) is 6.09. The van der Waals surface area contributed by atoms with E-state index in [4.69, 9.17) is 21.1 Å². The minimum absolute atomic E-state index is 0.447. The first-order chi connectivity index (χ1) is 7.83. The molecule has 1 rings (SSSR count). The zero-order valence-electron chi connectivity index (χ0n) is 9.96. The molecule has 0 aliphatic rings. The molecular formula is C13H19ClO2. The van der Waals surface area contributed by atoms with Crippen LogP contribution in [-0.4, -0.2) is 13.2 Å². The topological polar surface area (TPSA) is 18.5 Å². The van der Waals surface area contributed by atoms with Crippen molar-refractivity contribution >= 4 is 11.6 Å². The van der Waals surface area contributed by atoms with Crippen LogP contribution in [0.25, 0.3) is 0 Å². The average molecular weight is 243 g/mol. The molecule has 1 aromatic rings. The summed E-state index contributed by atoms with van der Waals surface area (Å²) in [5.41, 5.74) is 0.990. The molecule has 16 heavy (non-hydrogen) atoms. The van der Waals surface area contributed by atoms with Crippen molar-refractivity contribution in [1.29, 1.82) is 0 Å². The SMILES string of the molecule is CCCCOc1c(CCl)cccc1OCC. The van der Waals surface area contributed by atoms with Crippen LogP contribution >= 0.6 is 11.6 Å². The maximum absolute atomic E-state index is 5.88. The lowest BCUT2D eigenvalue weighted by atomic mass is 10.2. The van der Waals surface area contributed by atoms with E-state index in [2.05, 4.69) is 6.92 Å². The fraction of sp³-hybridized carbons (Fsp3) is 0.538. The number of alkyl halides is 1. The second-order valence-corrected chi connectivity index (χ2v) is 3.78. The number of hydrogen-bond donors (Lipinski definition) is 0. The first kappa shape index (κ1) is 13.2. The van der Waals surface area contributed by atoms with Crippen molar-refractivity contribution in [1.82, 2.24) is 0 Å². The minimum Gasteiger partial charge on any atom is -0.490 e. The van der Waals surface area contributed by atoms with E-state index in [9.17, 15) is 0 Å². The number of hydrogen-bond acceptors (Lipinski definition) is 2. The lowest BCUT2D eigenvalue weighted by Crippen LogP contribution is -2.02. The van der Waals surface area contributed by atoms with Crippen LogP contribution in [0.1, 0.15) is 32.3 Å². The van der Waals surface area contributed by atoms with Gasteiger partial charge in [0.05, 0.1) is 19.1 Å². The van der Waals surface area contributed by atoms with Gasteiger partial charge in [-0.3, -0.25) is 0 Å². The van der Waals surface area contributed by atoms with E-state index in [1.807, 2.05) is 25.1 Å². The molecule has 0 radical (unpaired) electrons. The fourth-order valence-electron chi connectivity index (χ4n) is 1.42. The molecule has 0 aliphatic carbocycles. The standard InChI is InChI=1S/C13H19ClO2/c1-3-5-9-16-13-11(10-14)7-6-8-12(13)15-4-2/h6-8H,3-5,9-10H2,1-2H3. The summed E-state index contributed by atoms with van der Waals surface area (Å²) in [6.07, 6.45) is 2.16.